The van der Waals surface area contributed by atoms with Gasteiger partial charge in [-0.3, -0.25) is 0 Å². The molecule has 3 nitrogen and oxygen atoms in total. The van der Waals surface area contributed by atoms with E-state index in [9.17, 15) is 0 Å². The molecule has 0 spiro atoms. The average molecular weight is 290 g/mol. The molecule has 0 aliphatic heterocycles. The molecule has 0 saturated heterocycles. The van der Waals surface area contributed by atoms with Crippen LogP contribution in [0, 0.1) is 0 Å². The highest BCUT2D eigenvalue weighted by Gasteiger charge is 2.19. The minimum absolute atomic E-state index is 0.669. The van der Waals surface area contributed by atoms with E-state index in [2.05, 4.69) is 55.4 Å². The molecule has 118 valence electrons. The molecule has 0 aromatic heterocycles. The molecule has 21 heavy (non-hydrogen) atoms. The molecule has 1 N–H and O–H groups in total. The molecule has 1 fully saturated rings. The van der Waals surface area contributed by atoms with Gasteiger partial charge < -0.3 is 15.0 Å². The summed E-state index contributed by atoms with van der Waals surface area (Å²) in [5, 5.41) is 3.54. The summed E-state index contributed by atoms with van der Waals surface area (Å²) in [7, 11) is 2.19. The van der Waals surface area contributed by atoms with E-state index >= 15 is 0 Å². The highest BCUT2D eigenvalue weighted by atomic mass is 16.5. The lowest BCUT2D eigenvalue weighted by molar-refractivity contribution is 0.183. The van der Waals surface area contributed by atoms with Gasteiger partial charge in [0.25, 0.3) is 0 Å². The highest BCUT2D eigenvalue weighted by molar-refractivity contribution is 5.28. The zero-order valence-corrected chi connectivity index (χ0v) is 13.8. The van der Waals surface area contributed by atoms with Crippen molar-refractivity contribution in [3.05, 3.63) is 29.8 Å². The molecule has 0 radical (unpaired) electrons. The molecule has 1 aliphatic carbocycles. The lowest BCUT2D eigenvalue weighted by Crippen LogP contribution is -2.34. The van der Waals surface area contributed by atoms with E-state index in [1.54, 1.807) is 0 Å². The Kier molecular flexibility index (Phi) is 6.52. The molecule has 0 heterocycles. The number of nitrogens with zero attached hydrogens (tertiary/aromatic N) is 1. The van der Waals surface area contributed by atoms with Gasteiger partial charge in [-0.05, 0) is 50.4 Å². The Labute approximate surface area is 129 Å². The number of hydrogen-bond acceptors (Lipinski definition) is 3. The summed E-state index contributed by atoms with van der Waals surface area (Å²) in [5.74, 6) is 0.989. The molecular weight excluding hydrogens is 260 g/mol. The van der Waals surface area contributed by atoms with Crippen LogP contribution in [-0.4, -0.2) is 37.2 Å². The average Bonchev–Trinajstić information content (AvgIpc) is 3.31. The third-order valence-electron chi connectivity index (χ3n) is 4.35. The van der Waals surface area contributed by atoms with E-state index in [0.717, 1.165) is 31.5 Å². The Morgan fingerprint density at radius 1 is 1.29 bits per heavy atom. The summed E-state index contributed by atoms with van der Waals surface area (Å²) in [4.78, 5) is 2.40. The van der Waals surface area contributed by atoms with Crippen molar-refractivity contribution in [2.45, 2.75) is 58.2 Å². The van der Waals surface area contributed by atoms with Crippen LogP contribution in [0.25, 0.3) is 0 Å². The van der Waals surface area contributed by atoms with Gasteiger partial charge in [-0.1, -0.05) is 26.0 Å². The minimum atomic E-state index is 0.669. The van der Waals surface area contributed by atoms with Gasteiger partial charge in [-0.15, -0.1) is 0 Å². The van der Waals surface area contributed by atoms with Gasteiger partial charge in [-0.2, -0.15) is 0 Å². The van der Waals surface area contributed by atoms with Crippen LogP contribution in [0.15, 0.2) is 24.3 Å². The van der Waals surface area contributed by atoms with Crippen LogP contribution in [0.5, 0.6) is 5.75 Å². The van der Waals surface area contributed by atoms with Crippen LogP contribution < -0.4 is 10.1 Å². The maximum absolute atomic E-state index is 5.91. The monoisotopic (exact) mass is 290 g/mol. The highest BCUT2D eigenvalue weighted by Crippen LogP contribution is 2.20. The van der Waals surface area contributed by atoms with Crippen LogP contribution in [0.3, 0.4) is 0 Å². The second-order valence-corrected chi connectivity index (χ2v) is 6.10. The Balaban J connectivity index is 1.73. The molecular formula is C18H30N2O. The van der Waals surface area contributed by atoms with E-state index in [1.165, 1.54) is 31.2 Å². The predicted octanol–water partition coefficient (Wildman–Crippen LogP) is 3.44. The van der Waals surface area contributed by atoms with E-state index < -0.39 is 0 Å². The third-order valence-corrected chi connectivity index (χ3v) is 4.35. The van der Waals surface area contributed by atoms with Crippen molar-refractivity contribution in [2.24, 2.45) is 0 Å². The Morgan fingerprint density at radius 2 is 2.05 bits per heavy atom. The van der Waals surface area contributed by atoms with Gasteiger partial charge in [0.05, 0.1) is 0 Å². The molecule has 1 aromatic rings. The van der Waals surface area contributed by atoms with Crippen LogP contribution in [-0.2, 0) is 6.54 Å². The Hall–Kier alpha value is -1.06. The van der Waals surface area contributed by atoms with E-state index in [1.807, 2.05) is 0 Å². The molecule has 1 saturated carbocycles. The quantitative estimate of drug-likeness (QED) is 0.714. The summed E-state index contributed by atoms with van der Waals surface area (Å²) in [6.07, 6.45) is 5.07. The van der Waals surface area contributed by atoms with Gasteiger partial charge in [0.1, 0.15) is 12.4 Å². The first kappa shape index (κ1) is 16.3. The number of benzene rings is 1. The smallest absolute Gasteiger partial charge is 0.119 e. The fourth-order valence-corrected chi connectivity index (χ4v) is 2.70. The Bertz CT molecular complexity index is 413. The maximum Gasteiger partial charge on any atom is 0.119 e. The van der Waals surface area contributed by atoms with Crippen LogP contribution in [0.2, 0.25) is 0 Å². The summed E-state index contributed by atoms with van der Waals surface area (Å²) in [6, 6.07) is 9.89. The summed E-state index contributed by atoms with van der Waals surface area (Å²) < 4.78 is 5.91. The van der Waals surface area contributed by atoms with Crippen molar-refractivity contribution in [1.82, 2.24) is 10.2 Å². The summed E-state index contributed by atoms with van der Waals surface area (Å²) in [5.41, 5.74) is 1.31. The lowest BCUT2D eigenvalue weighted by Gasteiger charge is -2.25. The minimum Gasteiger partial charge on any atom is -0.492 e. The second kappa shape index (κ2) is 8.40. The molecule has 0 amide bonds. The molecule has 1 aliphatic rings. The van der Waals surface area contributed by atoms with E-state index in [4.69, 9.17) is 4.74 Å². The van der Waals surface area contributed by atoms with Gasteiger partial charge in [0, 0.05) is 25.2 Å². The SMILES string of the molecule is CCC(CC)N(C)CCOc1cccc(CNC2CC2)c1. The first-order valence-corrected chi connectivity index (χ1v) is 8.38. The normalized spacial score (nSPS) is 14.9. The van der Waals surface area contributed by atoms with Crippen molar-refractivity contribution >= 4 is 0 Å². The van der Waals surface area contributed by atoms with Crippen molar-refractivity contribution in [3.8, 4) is 5.75 Å². The summed E-state index contributed by atoms with van der Waals surface area (Å²) >= 11 is 0. The van der Waals surface area contributed by atoms with E-state index in [0.29, 0.717) is 6.04 Å². The molecule has 0 bridgehead atoms. The number of hydrogen-bond donors (Lipinski definition) is 1. The van der Waals surface area contributed by atoms with Crippen molar-refractivity contribution < 1.29 is 4.74 Å². The largest absolute Gasteiger partial charge is 0.492 e. The third kappa shape index (κ3) is 5.68. The fourth-order valence-electron chi connectivity index (χ4n) is 2.70. The first-order chi connectivity index (χ1) is 10.2. The predicted molar refractivity (Wildman–Crippen MR) is 88.8 cm³/mol. The van der Waals surface area contributed by atoms with Gasteiger partial charge in [0.15, 0.2) is 0 Å². The molecule has 2 rings (SSSR count). The lowest BCUT2D eigenvalue weighted by atomic mass is 10.1. The molecule has 3 heteroatoms. The summed E-state index contributed by atoms with van der Waals surface area (Å²) in [6.45, 7) is 7.20. The second-order valence-electron chi connectivity index (χ2n) is 6.10. The fraction of sp³-hybridized carbons (Fsp3) is 0.667. The van der Waals surface area contributed by atoms with Gasteiger partial charge in [-0.25, -0.2) is 0 Å². The molecule has 0 unspecified atom stereocenters. The number of likely N-dealkylation sites (N-methyl/N-ethyl adjacent to an activating group) is 1. The van der Waals surface area contributed by atoms with Crippen molar-refractivity contribution in [3.63, 3.8) is 0 Å². The zero-order valence-electron chi connectivity index (χ0n) is 13.8. The van der Waals surface area contributed by atoms with Crippen LogP contribution in [0.4, 0.5) is 0 Å². The zero-order chi connectivity index (χ0) is 15.1. The van der Waals surface area contributed by atoms with E-state index in [-0.39, 0.29) is 0 Å². The van der Waals surface area contributed by atoms with Crippen molar-refractivity contribution in [2.75, 3.05) is 20.2 Å². The first-order valence-electron chi connectivity index (χ1n) is 8.38. The standard InChI is InChI=1S/C18H30N2O/c1-4-17(5-2)20(3)11-12-21-18-8-6-7-15(13-18)14-19-16-9-10-16/h6-8,13,16-17,19H,4-5,9-12,14H2,1-3H3. The molecule has 0 atom stereocenters. The maximum atomic E-state index is 5.91. The molecule has 1 aromatic carbocycles. The van der Waals surface area contributed by atoms with Crippen LogP contribution in [0.1, 0.15) is 45.1 Å². The van der Waals surface area contributed by atoms with Gasteiger partial charge in [0.2, 0.25) is 0 Å². The number of nitrogens with one attached hydrogen (secondary N) is 1. The topological polar surface area (TPSA) is 24.5 Å². The Morgan fingerprint density at radius 3 is 2.71 bits per heavy atom. The number of rotatable bonds is 10. The van der Waals surface area contributed by atoms with Crippen molar-refractivity contribution in [1.29, 1.82) is 0 Å². The van der Waals surface area contributed by atoms with Gasteiger partial charge >= 0.3 is 0 Å². The number of ether oxygens (including phenoxy) is 1. The van der Waals surface area contributed by atoms with Crippen LogP contribution >= 0.6 is 0 Å².